The number of nitrogens with one attached hydrogen (secondary N) is 1. The lowest BCUT2D eigenvalue weighted by molar-refractivity contribution is -0.137. The Morgan fingerprint density at radius 2 is 1.74 bits per heavy atom. The quantitative estimate of drug-likeness (QED) is 0.632. The van der Waals surface area contributed by atoms with Crippen LogP contribution in [-0.2, 0) is 26.8 Å². The van der Waals surface area contributed by atoms with E-state index >= 15 is 0 Å². The first-order valence-corrected chi connectivity index (χ1v) is 8.44. The van der Waals surface area contributed by atoms with Crippen LogP contribution in [0.5, 0.6) is 0 Å². The molecule has 1 saturated heterocycles. The lowest BCUT2D eigenvalue weighted by Gasteiger charge is -2.32. The predicted octanol–water partition coefficient (Wildman–Crippen LogP) is 3.39. The van der Waals surface area contributed by atoms with Crippen molar-refractivity contribution in [2.45, 2.75) is 58.5 Å². The molecule has 1 N–H and O–H groups in total. The number of benzene rings is 1. The number of rotatable bonds is 4. The van der Waals surface area contributed by atoms with Crippen LogP contribution in [-0.4, -0.2) is 31.0 Å². The second-order valence-electron chi connectivity index (χ2n) is 7.20. The Kier molecular flexibility index (Phi) is 5.82. The Balaban J connectivity index is 2.40. The van der Waals surface area contributed by atoms with Gasteiger partial charge in [0, 0.05) is 12.0 Å². The van der Waals surface area contributed by atoms with Gasteiger partial charge in [0.2, 0.25) is 0 Å². The zero-order valence-electron chi connectivity index (χ0n) is 15.8. The van der Waals surface area contributed by atoms with Crippen molar-refractivity contribution in [2.24, 2.45) is 0 Å². The lowest BCUT2D eigenvalue weighted by Crippen LogP contribution is -2.41. The number of alkyl halides is 3. The average Bonchev–Trinajstić information content (AvgIpc) is 2.71. The van der Waals surface area contributed by atoms with Crippen molar-refractivity contribution < 1.29 is 36.4 Å². The normalized spacial score (nSPS) is 18.5. The molecule has 0 aliphatic carbocycles. The summed E-state index contributed by atoms with van der Waals surface area (Å²) in [5.41, 5.74) is -3.82. The standard InChI is InChI=1S/C17H22BF4NO4/c1-6-25-14(24)23-9-10-7-11(17(20,21)22)13(12(19)8-10)18-26-15(2,3)16(4,5)27-18/h7-8H,6,9H2,1-5H3,(H,23,24). The number of alkyl carbamates (subject to hydrolysis) is 1. The van der Waals surface area contributed by atoms with Gasteiger partial charge in [-0.2, -0.15) is 13.2 Å². The Bertz CT molecular complexity index is 706. The Morgan fingerprint density at radius 3 is 2.22 bits per heavy atom. The summed E-state index contributed by atoms with van der Waals surface area (Å²) < 4.78 is 71.2. The molecule has 1 heterocycles. The maximum atomic E-state index is 14.7. The highest BCUT2D eigenvalue weighted by atomic mass is 19.4. The van der Waals surface area contributed by atoms with Gasteiger partial charge in [0.25, 0.3) is 0 Å². The molecular formula is C17H22BF4NO4. The van der Waals surface area contributed by atoms with E-state index < -0.39 is 47.4 Å². The number of carbonyl (C=O) groups is 1. The molecule has 1 fully saturated rings. The van der Waals surface area contributed by atoms with Crippen molar-refractivity contribution in [1.29, 1.82) is 0 Å². The molecule has 0 atom stereocenters. The van der Waals surface area contributed by atoms with E-state index in [1.54, 1.807) is 34.6 Å². The SMILES string of the molecule is CCOC(=O)NCc1cc(F)c(B2OC(C)(C)C(C)(C)O2)c(C(F)(F)F)c1. The molecule has 27 heavy (non-hydrogen) atoms. The molecule has 1 aliphatic rings. The molecule has 1 aromatic carbocycles. The van der Waals surface area contributed by atoms with Gasteiger partial charge in [-0.15, -0.1) is 0 Å². The summed E-state index contributed by atoms with van der Waals surface area (Å²) in [4.78, 5) is 11.3. The molecule has 0 unspecified atom stereocenters. The van der Waals surface area contributed by atoms with Crippen LogP contribution in [0.1, 0.15) is 45.7 Å². The Hall–Kier alpha value is -1.81. The third kappa shape index (κ3) is 4.55. The van der Waals surface area contributed by atoms with Crippen LogP contribution in [0.15, 0.2) is 12.1 Å². The van der Waals surface area contributed by atoms with Crippen LogP contribution in [0.3, 0.4) is 0 Å². The second kappa shape index (κ2) is 7.31. The maximum Gasteiger partial charge on any atom is 0.498 e. The Morgan fingerprint density at radius 1 is 1.19 bits per heavy atom. The highest BCUT2D eigenvalue weighted by Gasteiger charge is 2.54. The summed E-state index contributed by atoms with van der Waals surface area (Å²) in [6.45, 7) is 8.02. The third-order valence-electron chi connectivity index (χ3n) is 4.70. The van der Waals surface area contributed by atoms with Gasteiger partial charge in [-0.25, -0.2) is 9.18 Å². The van der Waals surface area contributed by atoms with Crippen molar-refractivity contribution in [3.8, 4) is 0 Å². The van der Waals surface area contributed by atoms with Crippen LogP contribution in [0.2, 0.25) is 0 Å². The number of carbonyl (C=O) groups excluding carboxylic acids is 1. The summed E-state index contributed by atoms with van der Waals surface area (Å²) in [5, 5.41) is 2.26. The van der Waals surface area contributed by atoms with E-state index in [4.69, 9.17) is 9.31 Å². The zero-order valence-corrected chi connectivity index (χ0v) is 15.8. The molecule has 1 amide bonds. The van der Waals surface area contributed by atoms with E-state index in [1.165, 1.54) is 0 Å². The maximum absolute atomic E-state index is 14.7. The molecule has 1 aromatic rings. The molecule has 1 aliphatic heterocycles. The van der Waals surface area contributed by atoms with Crippen LogP contribution in [0.4, 0.5) is 22.4 Å². The molecule has 0 bridgehead atoms. The first kappa shape index (κ1) is 21.5. The fourth-order valence-electron chi connectivity index (χ4n) is 2.57. The topological polar surface area (TPSA) is 56.8 Å². The number of ether oxygens (including phenoxy) is 1. The summed E-state index contributed by atoms with van der Waals surface area (Å²) in [5.74, 6) is -1.12. The van der Waals surface area contributed by atoms with Crippen LogP contribution in [0, 0.1) is 5.82 Å². The fraction of sp³-hybridized carbons (Fsp3) is 0.588. The van der Waals surface area contributed by atoms with E-state index in [-0.39, 0.29) is 18.7 Å². The molecule has 2 rings (SSSR count). The van der Waals surface area contributed by atoms with Gasteiger partial charge in [-0.05, 0) is 52.3 Å². The van der Waals surface area contributed by atoms with Gasteiger partial charge in [-0.1, -0.05) is 0 Å². The first-order chi connectivity index (χ1) is 12.3. The summed E-state index contributed by atoms with van der Waals surface area (Å²) in [7, 11) is -1.50. The van der Waals surface area contributed by atoms with Crippen LogP contribution < -0.4 is 10.8 Å². The summed E-state index contributed by atoms with van der Waals surface area (Å²) in [6.07, 6.45) is -5.64. The first-order valence-electron chi connectivity index (χ1n) is 8.44. The van der Waals surface area contributed by atoms with Crippen molar-refractivity contribution in [3.63, 3.8) is 0 Å². The van der Waals surface area contributed by atoms with Crippen LogP contribution in [0.25, 0.3) is 0 Å². The molecule has 0 spiro atoms. The van der Waals surface area contributed by atoms with Gasteiger partial charge in [-0.3, -0.25) is 0 Å². The van der Waals surface area contributed by atoms with E-state index in [0.717, 1.165) is 12.1 Å². The summed E-state index contributed by atoms with van der Waals surface area (Å²) in [6, 6.07) is 1.69. The molecule has 10 heteroatoms. The van der Waals surface area contributed by atoms with E-state index in [1.807, 2.05) is 0 Å². The predicted molar refractivity (Wildman–Crippen MR) is 91.0 cm³/mol. The molecule has 0 aromatic heterocycles. The second-order valence-corrected chi connectivity index (χ2v) is 7.20. The monoisotopic (exact) mass is 391 g/mol. The molecule has 0 saturated carbocycles. The minimum absolute atomic E-state index is 0.0619. The highest BCUT2D eigenvalue weighted by molar-refractivity contribution is 6.62. The molecule has 5 nitrogen and oxygen atoms in total. The van der Waals surface area contributed by atoms with Crippen molar-refractivity contribution >= 4 is 18.7 Å². The summed E-state index contributed by atoms with van der Waals surface area (Å²) >= 11 is 0. The molecule has 150 valence electrons. The van der Waals surface area contributed by atoms with Gasteiger partial charge in [0.05, 0.1) is 23.4 Å². The van der Waals surface area contributed by atoms with E-state index in [9.17, 15) is 22.4 Å². The lowest BCUT2D eigenvalue weighted by atomic mass is 9.74. The minimum Gasteiger partial charge on any atom is -0.450 e. The van der Waals surface area contributed by atoms with Gasteiger partial charge in [0.1, 0.15) is 5.82 Å². The largest absolute Gasteiger partial charge is 0.498 e. The van der Waals surface area contributed by atoms with Gasteiger partial charge >= 0.3 is 19.4 Å². The van der Waals surface area contributed by atoms with Crippen LogP contribution >= 0.6 is 0 Å². The van der Waals surface area contributed by atoms with Crippen molar-refractivity contribution in [3.05, 3.63) is 29.1 Å². The number of hydrogen-bond acceptors (Lipinski definition) is 4. The fourth-order valence-corrected chi connectivity index (χ4v) is 2.57. The highest BCUT2D eigenvalue weighted by Crippen LogP contribution is 2.38. The van der Waals surface area contributed by atoms with Crippen molar-refractivity contribution in [2.75, 3.05) is 6.61 Å². The average molecular weight is 391 g/mol. The Labute approximate surface area is 155 Å². The zero-order chi connectivity index (χ0) is 20.6. The smallest absolute Gasteiger partial charge is 0.450 e. The van der Waals surface area contributed by atoms with E-state index in [2.05, 4.69) is 10.1 Å². The number of halogens is 4. The van der Waals surface area contributed by atoms with Gasteiger partial charge in [0.15, 0.2) is 0 Å². The minimum atomic E-state index is -4.83. The number of hydrogen-bond donors (Lipinski definition) is 1. The van der Waals surface area contributed by atoms with Gasteiger partial charge < -0.3 is 19.4 Å². The van der Waals surface area contributed by atoms with Crippen molar-refractivity contribution in [1.82, 2.24) is 5.32 Å². The van der Waals surface area contributed by atoms with E-state index in [0.29, 0.717) is 0 Å². The number of amides is 1. The molecular weight excluding hydrogens is 369 g/mol. The molecule has 0 radical (unpaired) electrons. The third-order valence-corrected chi connectivity index (χ3v) is 4.70.